The Morgan fingerprint density at radius 2 is 1.85 bits per heavy atom. The summed E-state index contributed by atoms with van der Waals surface area (Å²) in [5.41, 5.74) is 4.76. The highest BCUT2D eigenvalue weighted by Crippen LogP contribution is 2.29. The molecule has 0 aliphatic rings. The van der Waals surface area contributed by atoms with E-state index in [1.807, 2.05) is 36.6 Å². The van der Waals surface area contributed by atoms with Crippen LogP contribution >= 0.6 is 0 Å². The van der Waals surface area contributed by atoms with E-state index in [1.165, 1.54) is 0 Å². The quantitative estimate of drug-likeness (QED) is 0.690. The largest absolute Gasteiger partial charge is 0.497 e. The Hall–Kier alpha value is -2.56. The molecule has 26 heavy (non-hydrogen) atoms. The molecule has 0 unspecified atom stereocenters. The highest BCUT2D eigenvalue weighted by Gasteiger charge is 2.21. The molecule has 0 aliphatic heterocycles. The second-order valence-corrected chi connectivity index (χ2v) is 6.88. The molecule has 0 saturated heterocycles. The molecule has 0 spiro atoms. The first kappa shape index (κ1) is 18.2. The minimum absolute atomic E-state index is 0.000202. The van der Waals surface area contributed by atoms with Gasteiger partial charge < -0.3 is 4.74 Å². The predicted molar refractivity (Wildman–Crippen MR) is 105 cm³/mol. The molecule has 5 nitrogen and oxygen atoms in total. The maximum absolute atomic E-state index is 13.2. The smallest absolute Gasteiger partial charge is 0.278 e. The predicted octanol–water partition coefficient (Wildman–Crippen LogP) is 4.23. The third kappa shape index (κ3) is 2.81. The molecule has 0 radical (unpaired) electrons. The van der Waals surface area contributed by atoms with E-state index in [1.54, 1.807) is 18.7 Å². The van der Waals surface area contributed by atoms with Crippen LogP contribution in [0.2, 0.25) is 0 Å². The Morgan fingerprint density at radius 3 is 2.42 bits per heavy atom. The molecule has 0 aliphatic carbocycles. The minimum Gasteiger partial charge on any atom is -0.497 e. The highest BCUT2D eigenvalue weighted by molar-refractivity contribution is 5.64. The Kier molecular flexibility index (Phi) is 4.90. The van der Waals surface area contributed by atoms with Gasteiger partial charge in [-0.2, -0.15) is 0 Å². The fourth-order valence-electron chi connectivity index (χ4n) is 3.70. The van der Waals surface area contributed by atoms with Gasteiger partial charge in [-0.1, -0.05) is 13.8 Å². The molecule has 0 saturated carbocycles. The van der Waals surface area contributed by atoms with Crippen LogP contribution in [0.15, 0.2) is 29.1 Å². The summed E-state index contributed by atoms with van der Waals surface area (Å²) in [5.74, 6) is 1.84. The van der Waals surface area contributed by atoms with Gasteiger partial charge in [0, 0.05) is 18.3 Å². The summed E-state index contributed by atoms with van der Waals surface area (Å²) in [6, 6.07) is 7.94. The minimum atomic E-state index is 0.000202. The Balaban J connectivity index is 2.30. The van der Waals surface area contributed by atoms with E-state index in [4.69, 9.17) is 9.84 Å². The molecule has 5 heteroatoms. The number of methoxy groups -OCH3 is 1. The van der Waals surface area contributed by atoms with Crippen molar-refractivity contribution in [3.05, 3.63) is 51.4 Å². The number of hydrogen-bond acceptors (Lipinski definition) is 3. The van der Waals surface area contributed by atoms with Gasteiger partial charge in [0.05, 0.1) is 7.11 Å². The molecule has 3 rings (SSSR count). The second-order valence-electron chi connectivity index (χ2n) is 6.88. The van der Waals surface area contributed by atoms with E-state index < -0.39 is 0 Å². The van der Waals surface area contributed by atoms with Crippen molar-refractivity contribution in [3.8, 4) is 17.1 Å². The molecule has 0 atom stereocenters. The van der Waals surface area contributed by atoms with Gasteiger partial charge in [0.1, 0.15) is 11.3 Å². The van der Waals surface area contributed by atoms with Gasteiger partial charge in [0.15, 0.2) is 5.82 Å². The van der Waals surface area contributed by atoms with Gasteiger partial charge in [0.2, 0.25) is 0 Å². The van der Waals surface area contributed by atoms with E-state index >= 15 is 0 Å². The Bertz CT molecular complexity index is 1010. The van der Waals surface area contributed by atoms with Crippen LogP contribution in [0, 0.1) is 13.8 Å². The van der Waals surface area contributed by atoms with Crippen LogP contribution < -0.4 is 10.3 Å². The van der Waals surface area contributed by atoms with E-state index in [-0.39, 0.29) is 5.56 Å². The third-order valence-electron chi connectivity index (χ3n) is 5.30. The number of ether oxygens (including phenoxy) is 1. The van der Waals surface area contributed by atoms with Crippen molar-refractivity contribution >= 4 is 5.52 Å². The normalized spacial score (nSPS) is 11.5. The van der Waals surface area contributed by atoms with E-state index in [0.29, 0.717) is 17.3 Å². The summed E-state index contributed by atoms with van der Waals surface area (Å²) >= 11 is 0. The molecule has 0 amide bonds. The zero-order chi connectivity index (χ0) is 19.0. The lowest BCUT2D eigenvalue weighted by molar-refractivity contribution is 0.414. The van der Waals surface area contributed by atoms with E-state index in [2.05, 4.69) is 19.9 Å². The van der Waals surface area contributed by atoms with Crippen molar-refractivity contribution < 1.29 is 4.74 Å². The first-order valence-corrected chi connectivity index (χ1v) is 9.17. The first-order valence-electron chi connectivity index (χ1n) is 9.17. The topological polar surface area (TPSA) is 48.5 Å². The van der Waals surface area contributed by atoms with Crippen LogP contribution in [0.5, 0.6) is 5.75 Å². The number of aromatic nitrogens is 3. The summed E-state index contributed by atoms with van der Waals surface area (Å²) < 4.78 is 8.77. The number of nitrogens with zero attached hydrogens (tertiary/aromatic N) is 3. The molecule has 138 valence electrons. The van der Waals surface area contributed by atoms with Crippen LogP contribution in [0.3, 0.4) is 0 Å². The van der Waals surface area contributed by atoms with Gasteiger partial charge in [0.25, 0.3) is 5.56 Å². The maximum atomic E-state index is 13.2. The van der Waals surface area contributed by atoms with Crippen molar-refractivity contribution in [2.75, 3.05) is 7.11 Å². The molecular formula is C21H27N3O2. The van der Waals surface area contributed by atoms with Gasteiger partial charge in [-0.15, -0.1) is 5.10 Å². The fraction of sp³-hybridized carbons (Fsp3) is 0.429. The summed E-state index contributed by atoms with van der Waals surface area (Å²) in [6.45, 7) is 8.35. The van der Waals surface area contributed by atoms with Gasteiger partial charge in [-0.25, -0.2) is 4.52 Å². The summed E-state index contributed by atoms with van der Waals surface area (Å²) in [5, 5.41) is 4.83. The van der Waals surface area contributed by atoms with Crippen molar-refractivity contribution in [3.63, 3.8) is 0 Å². The van der Waals surface area contributed by atoms with Crippen LogP contribution in [0.1, 0.15) is 49.4 Å². The Labute approximate surface area is 154 Å². The monoisotopic (exact) mass is 353 g/mol. The standard InChI is InChI=1S/C21H27N3O2/c1-7-15(8-2)18-12-14(4)24-19(18)21(25)23(5)20(22-24)17-10-9-16(26-6)11-13(17)3/h9-12,15H,7-8H2,1-6H3. The van der Waals surface area contributed by atoms with Gasteiger partial charge in [-0.3, -0.25) is 9.36 Å². The van der Waals surface area contributed by atoms with Crippen molar-refractivity contribution in [2.24, 2.45) is 7.05 Å². The SMILES string of the molecule is CCC(CC)c1cc(C)n2nc(-c3ccc(OC)cc3C)n(C)c(=O)c12. The number of benzene rings is 1. The average Bonchev–Trinajstić information content (AvgIpc) is 2.96. The number of fused-ring (bicyclic) bond motifs is 1. The van der Waals surface area contributed by atoms with Crippen molar-refractivity contribution in [1.82, 2.24) is 14.2 Å². The molecule has 2 aromatic heterocycles. The van der Waals surface area contributed by atoms with Crippen LogP contribution in [-0.2, 0) is 7.05 Å². The van der Waals surface area contributed by atoms with Crippen LogP contribution in [0.25, 0.3) is 16.9 Å². The van der Waals surface area contributed by atoms with Gasteiger partial charge in [-0.05, 0) is 68.0 Å². The highest BCUT2D eigenvalue weighted by atomic mass is 16.5. The summed E-state index contributed by atoms with van der Waals surface area (Å²) in [6.07, 6.45) is 2.02. The lowest BCUT2D eigenvalue weighted by atomic mass is 9.95. The molecule has 0 bridgehead atoms. The number of aryl methyl sites for hydroxylation is 2. The third-order valence-corrected chi connectivity index (χ3v) is 5.30. The van der Waals surface area contributed by atoms with Crippen molar-refractivity contribution in [2.45, 2.75) is 46.5 Å². The molecular weight excluding hydrogens is 326 g/mol. The molecule has 0 N–H and O–H groups in total. The van der Waals surface area contributed by atoms with Crippen molar-refractivity contribution in [1.29, 1.82) is 0 Å². The maximum Gasteiger partial charge on any atom is 0.278 e. The summed E-state index contributed by atoms with van der Waals surface area (Å²) in [7, 11) is 3.45. The summed E-state index contributed by atoms with van der Waals surface area (Å²) in [4.78, 5) is 13.2. The first-order chi connectivity index (χ1) is 12.4. The van der Waals surface area contributed by atoms with Gasteiger partial charge >= 0.3 is 0 Å². The van der Waals surface area contributed by atoms with Crippen LogP contribution in [-0.4, -0.2) is 21.3 Å². The molecule has 0 fully saturated rings. The molecule has 2 heterocycles. The van der Waals surface area contributed by atoms with E-state index in [9.17, 15) is 4.79 Å². The lowest BCUT2D eigenvalue weighted by Gasteiger charge is -2.14. The van der Waals surface area contributed by atoms with E-state index in [0.717, 1.165) is 41.0 Å². The number of rotatable bonds is 5. The molecule has 1 aromatic carbocycles. The second kappa shape index (κ2) is 6.98. The Morgan fingerprint density at radius 1 is 1.15 bits per heavy atom. The lowest BCUT2D eigenvalue weighted by Crippen LogP contribution is -2.24. The number of hydrogen-bond donors (Lipinski definition) is 0. The van der Waals surface area contributed by atoms with Crippen LogP contribution in [0.4, 0.5) is 0 Å². The zero-order valence-corrected chi connectivity index (χ0v) is 16.5. The zero-order valence-electron chi connectivity index (χ0n) is 16.5. The fourth-order valence-corrected chi connectivity index (χ4v) is 3.70. The molecule has 3 aromatic rings. The average molecular weight is 353 g/mol.